The largest absolute Gasteiger partial charge is 0.313 e. The van der Waals surface area contributed by atoms with Gasteiger partial charge in [0.05, 0.1) is 6.20 Å². The summed E-state index contributed by atoms with van der Waals surface area (Å²) in [5.74, 6) is 0. The molecule has 6 nitrogen and oxygen atoms in total. The van der Waals surface area contributed by atoms with Crippen molar-refractivity contribution in [2.45, 2.75) is 13.0 Å². The highest BCUT2D eigenvalue weighted by Gasteiger charge is 2.14. The van der Waals surface area contributed by atoms with Crippen molar-refractivity contribution in [1.29, 1.82) is 0 Å². The molecule has 5 aromatic rings. The van der Waals surface area contributed by atoms with Crippen LogP contribution in [0.1, 0.15) is 5.56 Å². The molecule has 28 heavy (non-hydrogen) atoms. The van der Waals surface area contributed by atoms with Gasteiger partial charge in [-0.3, -0.25) is 4.79 Å². The second kappa shape index (κ2) is 6.74. The van der Waals surface area contributed by atoms with Gasteiger partial charge in [0, 0.05) is 18.3 Å². The van der Waals surface area contributed by atoms with Crippen LogP contribution in [0.4, 0.5) is 0 Å². The second-order valence-corrected chi connectivity index (χ2v) is 6.64. The van der Waals surface area contributed by atoms with E-state index < -0.39 is 0 Å². The lowest BCUT2D eigenvalue weighted by Gasteiger charge is -2.07. The van der Waals surface area contributed by atoms with E-state index in [1.807, 2.05) is 54.6 Å². The zero-order valence-electron chi connectivity index (χ0n) is 15.1. The minimum atomic E-state index is -0.153. The van der Waals surface area contributed by atoms with Crippen LogP contribution in [0.3, 0.4) is 0 Å². The van der Waals surface area contributed by atoms with Crippen LogP contribution in [0.25, 0.3) is 27.8 Å². The van der Waals surface area contributed by atoms with Crippen LogP contribution in [-0.2, 0) is 13.0 Å². The van der Waals surface area contributed by atoms with Crippen molar-refractivity contribution >= 4 is 16.7 Å². The maximum absolute atomic E-state index is 12.9. The zero-order valence-corrected chi connectivity index (χ0v) is 15.1. The van der Waals surface area contributed by atoms with Gasteiger partial charge in [-0.1, -0.05) is 60.7 Å². The fourth-order valence-corrected chi connectivity index (χ4v) is 3.42. The van der Waals surface area contributed by atoms with E-state index in [0.717, 1.165) is 17.5 Å². The third-order valence-electron chi connectivity index (χ3n) is 4.90. The lowest BCUT2D eigenvalue weighted by molar-refractivity contribution is 0.672. The summed E-state index contributed by atoms with van der Waals surface area (Å²) in [5, 5.41) is 13.0. The van der Waals surface area contributed by atoms with E-state index in [4.69, 9.17) is 0 Å². The molecule has 0 N–H and O–H groups in total. The van der Waals surface area contributed by atoms with Gasteiger partial charge in [0.1, 0.15) is 5.52 Å². The first-order valence-corrected chi connectivity index (χ1v) is 9.14. The van der Waals surface area contributed by atoms with E-state index in [1.54, 1.807) is 21.5 Å². The van der Waals surface area contributed by atoms with Crippen LogP contribution in [0.5, 0.6) is 0 Å². The maximum atomic E-state index is 12.9. The summed E-state index contributed by atoms with van der Waals surface area (Å²) in [5.41, 5.74) is 4.57. The quantitative estimate of drug-likeness (QED) is 0.489. The molecule has 5 rings (SSSR count). The molecule has 2 aromatic carbocycles. The summed E-state index contributed by atoms with van der Waals surface area (Å²) in [4.78, 5) is 12.9. The fraction of sp³-hybridized carbons (Fsp3) is 0.0909. The van der Waals surface area contributed by atoms with Crippen molar-refractivity contribution in [2.75, 3.05) is 0 Å². The number of aryl methyl sites for hydroxylation is 2. The van der Waals surface area contributed by atoms with Crippen LogP contribution < -0.4 is 5.56 Å². The van der Waals surface area contributed by atoms with Crippen LogP contribution in [-0.4, -0.2) is 24.4 Å². The monoisotopic (exact) mass is 367 g/mol. The molecule has 3 heterocycles. The number of hydrogen-bond acceptors (Lipinski definition) is 4. The number of nitrogens with zero attached hydrogens (tertiary/aromatic N) is 5. The van der Waals surface area contributed by atoms with Crippen LogP contribution in [0, 0.1) is 0 Å². The predicted molar refractivity (Wildman–Crippen MR) is 108 cm³/mol. The fourth-order valence-electron chi connectivity index (χ4n) is 3.42. The van der Waals surface area contributed by atoms with Crippen molar-refractivity contribution in [3.05, 3.63) is 95.0 Å². The molecule has 0 atom stereocenters. The highest BCUT2D eigenvalue weighted by atomic mass is 16.1. The Morgan fingerprint density at radius 1 is 0.857 bits per heavy atom. The first kappa shape index (κ1) is 16.4. The molecule has 0 aliphatic rings. The molecule has 0 bridgehead atoms. The molecule has 6 heteroatoms. The second-order valence-electron chi connectivity index (χ2n) is 6.64. The van der Waals surface area contributed by atoms with Gasteiger partial charge in [0.25, 0.3) is 5.56 Å². The van der Waals surface area contributed by atoms with Gasteiger partial charge in [-0.25, -0.2) is 4.52 Å². The van der Waals surface area contributed by atoms with Crippen molar-refractivity contribution in [3.63, 3.8) is 0 Å². The Balaban J connectivity index is 1.56. The van der Waals surface area contributed by atoms with Crippen molar-refractivity contribution in [2.24, 2.45) is 0 Å². The van der Waals surface area contributed by atoms with E-state index in [0.29, 0.717) is 23.2 Å². The van der Waals surface area contributed by atoms with Gasteiger partial charge in [-0.15, -0.1) is 10.2 Å². The average molecular weight is 367 g/mol. The smallest absolute Gasteiger partial charge is 0.280 e. The van der Waals surface area contributed by atoms with E-state index in [2.05, 4.69) is 27.4 Å². The van der Waals surface area contributed by atoms with Crippen molar-refractivity contribution in [3.8, 4) is 11.1 Å². The maximum Gasteiger partial charge on any atom is 0.280 e. The van der Waals surface area contributed by atoms with Gasteiger partial charge in [-0.2, -0.15) is 5.10 Å². The van der Waals surface area contributed by atoms with Crippen LogP contribution in [0.2, 0.25) is 0 Å². The van der Waals surface area contributed by atoms with Gasteiger partial charge >= 0.3 is 0 Å². The summed E-state index contributed by atoms with van der Waals surface area (Å²) in [6.45, 7) is 0.590. The van der Waals surface area contributed by atoms with Gasteiger partial charge < -0.3 is 4.57 Å². The van der Waals surface area contributed by atoms with Gasteiger partial charge in [0.15, 0.2) is 11.2 Å². The number of benzene rings is 2. The normalized spacial score (nSPS) is 11.3. The Hall–Kier alpha value is -3.80. The van der Waals surface area contributed by atoms with E-state index in [1.165, 1.54) is 5.56 Å². The minimum Gasteiger partial charge on any atom is -0.313 e. The molecule has 0 aliphatic heterocycles. The molecule has 0 fully saturated rings. The number of rotatable bonds is 4. The molecule has 0 amide bonds. The van der Waals surface area contributed by atoms with Crippen molar-refractivity contribution < 1.29 is 0 Å². The Bertz CT molecular complexity index is 1320. The van der Waals surface area contributed by atoms with Crippen LogP contribution in [0.15, 0.2) is 83.9 Å². The standard InChI is InChI=1S/C22H17N5O/c28-22-20-19(12-14-26(22)13-11-16-7-3-1-4-8-16)27-21(25-24-20)18(15-23-27)17-9-5-2-6-10-17/h1-10,12,14-15H,11,13H2. The molecular formula is C22H17N5O. The number of fused-ring (bicyclic) bond motifs is 3. The summed E-state index contributed by atoms with van der Waals surface area (Å²) in [7, 11) is 0. The molecule has 0 saturated heterocycles. The Kier molecular flexibility index (Phi) is 3.94. The number of aromatic nitrogens is 5. The summed E-state index contributed by atoms with van der Waals surface area (Å²) < 4.78 is 3.37. The third kappa shape index (κ3) is 2.75. The molecule has 136 valence electrons. The Morgan fingerprint density at radius 2 is 1.61 bits per heavy atom. The van der Waals surface area contributed by atoms with Gasteiger partial charge in [-0.05, 0) is 23.6 Å². The summed E-state index contributed by atoms with van der Waals surface area (Å²) in [6.07, 6.45) is 4.35. The summed E-state index contributed by atoms with van der Waals surface area (Å²) >= 11 is 0. The molecule has 0 aliphatic carbocycles. The highest BCUT2D eigenvalue weighted by molar-refractivity contribution is 5.82. The first-order valence-electron chi connectivity index (χ1n) is 9.14. The lowest BCUT2D eigenvalue weighted by atomic mass is 10.1. The third-order valence-corrected chi connectivity index (χ3v) is 4.90. The topological polar surface area (TPSA) is 65.1 Å². The Morgan fingerprint density at radius 3 is 2.39 bits per heavy atom. The zero-order chi connectivity index (χ0) is 18.9. The van der Waals surface area contributed by atoms with E-state index >= 15 is 0 Å². The predicted octanol–water partition coefficient (Wildman–Crippen LogP) is 3.35. The average Bonchev–Trinajstić information content (AvgIpc) is 3.19. The van der Waals surface area contributed by atoms with E-state index in [-0.39, 0.29) is 5.56 Å². The highest BCUT2D eigenvalue weighted by Crippen LogP contribution is 2.23. The first-order chi connectivity index (χ1) is 13.8. The summed E-state index contributed by atoms with van der Waals surface area (Å²) in [6, 6.07) is 21.9. The van der Waals surface area contributed by atoms with Gasteiger partial charge in [0.2, 0.25) is 0 Å². The number of pyridine rings is 1. The molecule has 0 saturated carbocycles. The van der Waals surface area contributed by atoms with Crippen molar-refractivity contribution in [1.82, 2.24) is 24.4 Å². The molecule has 0 unspecified atom stereocenters. The molecular weight excluding hydrogens is 350 g/mol. The molecule has 3 aromatic heterocycles. The SMILES string of the molecule is O=c1c2nnc3c(-c4ccccc4)cnn3c2ccn1CCc1ccccc1. The number of hydrogen-bond donors (Lipinski definition) is 0. The molecule has 0 radical (unpaired) electrons. The Labute approximate surface area is 160 Å². The van der Waals surface area contributed by atoms with Crippen LogP contribution >= 0.6 is 0 Å². The molecule has 0 spiro atoms. The minimum absolute atomic E-state index is 0.153. The van der Waals surface area contributed by atoms with E-state index in [9.17, 15) is 4.79 Å². The lowest BCUT2D eigenvalue weighted by Crippen LogP contribution is -2.22.